The summed E-state index contributed by atoms with van der Waals surface area (Å²) in [5.74, 6) is 0. The van der Waals surface area contributed by atoms with Gasteiger partial charge in [0.25, 0.3) is 0 Å². The Morgan fingerprint density at radius 2 is 2.60 bits per heavy atom. The summed E-state index contributed by atoms with van der Waals surface area (Å²) in [5.41, 5.74) is 1.16. The Morgan fingerprint density at radius 1 is 1.70 bits per heavy atom. The monoisotopic (exact) mass is 153 g/mol. The van der Waals surface area contributed by atoms with E-state index in [0.717, 1.165) is 4.52 Å². The van der Waals surface area contributed by atoms with Crippen LogP contribution in [0.4, 0.5) is 0 Å². The highest BCUT2D eigenvalue weighted by Gasteiger charge is 1.97. The van der Waals surface area contributed by atoms with Crippen molar-refractivity contribution >= 4 is 16.3 Å². The van der Waals surface area contributed by atoms with Gasteiger partial charge in [0.1, 0.15) is 5.51 Å². The molecule has 0 aliphatic carbocycles. The Kier molecular flexibility index (Phi) is 1.01. The van der Waals surface area contributed by atoms with Gasteiger partial charge in [-0.05, 0) is 0 Å². The fourth-order valence-electron chi connectivity index (χ4n) is 0.580. The number of rotatable bonds is 0. The van der Waals surface area contributed by atoms with Crippen molar-refractivity contribution in [3.8, 4) is 0 Å². The third-order valence-corrected chi connectivity index (χ3v) is 1.64. The van der Waals surface area contributed by atoms with Gasteiger partial charge in [0.15, 0.2) is 6.20 Å². The SMILES string of the molecule is O=c1[c]nnc2scnn12. The van der Waals surface area contributed by atoms with E-state index in [9.17, 15) is 4.79 Å². The molecule has 0 bridgehead atoms. The van der Waals surface area contributed by atoms with Crippen LogP contribution in [0.2, 0.25) is 0 Å². The van der Waals surface area contributed by atoms with Gasteiger partial charge in [0.05, 0.1) is 0 Å². The van der Waals surface area contributed by atoms with Crippen LogP contribution in [-0.4, -0.2) is 19.8 Å². The van der Waals surface area contributed by atoms with Crippen LogP contribution in [0, 0.1) is 6.20 Å². The predicted octanol–water partition coefficient (Wildman–Crippen LogP) is -0.654. The molecule has 2 aromatic heterocycles. The molecular formula is C4HN4OS. The molecule has 2 aromatic rings. The van der Waals surface area contributed by atoms with Gasteiger partial charge >= 0.3 is 5.56 Å². The molecule has 2 heterocycles. The number of hydrogen-bond acceptors (Lipinski definition) is 5. The van der Waals surface area contributed by atoms with Crippen molar-refractivity contribution in [2.75, 3.05) is 0 Å². The van der Waals surface area contributed by atoms with Crippen molar-refractivity contribution in [2.45, 2.75) is 0 Å². The van der Waals surface area contributed by atoms with Gasteiger partial charge in [0, 0.05) is 0 Å². The summed E-state index contributed by atoms with van der Waals surface area (Å²) in [5, 5.41) is 10.7. The molecule has 5 nitrogen and oxygen atoms in total. The van der Waals surface area contributed by atoms with Crippen molar-refractivity contribution in [1.29, 1.82) is 0 Å². The molecule has 6 heteroatoms. The van der Waals surface area contributed by atoms with E-state index in [1.54, 1.807) is 0 Å². The standard InChI is InChI=1S/C4HN4OS/c9-3-1-5-7-4-8(3)6-2-10-4/h2H. The highest BCUT2D eigenvalue weighted by Crippen LogP contribution is 1.98. The molecule has 0 aliphatic rings. The molecule has 0 amide bonds. The van der Waals surface area contributed by atoms with E-state index in [4.69, 9.17) is 0 Å². The lowest BCUT2D eigenvalue weighted by atomic mass is 10.9. The van der Waals surface area contributed by atoms with Gasteiger partial charge in [0.2, 0.25) is 4.96 Å². The third-order valence-electron chi connectivity index (χ3n) is 0.975. The van der Waals surface area contributed by atoms with Gasteiger partial charge in [-0.1, -0.05) is 11.3 Å². The summed E-state index contributed by atoms with van der Waals surface area (Å²) in [6.07, 6.45) is 2.15. The zero-order valence-corrected chi connectivity index (χ0v) is 5.50. The average molecular weight is 153 g/mol. The maximum Gasteiger partial charge on any atom is 0.303 e. The number of hydrogen-bond donors (Lipinski definition) is 0. The number of fused-ring (bicyclic) bond motifs is 1. The first kappa shape index (κ1) is 5.48. The summed E-state index contributed by atoms with van der Waals surface area (Å²) in [4.78, 5) is 11.3. The minimum absolute atomic E-state index is 0.369. The Balaban J connectivity index is 3.09. The van der Waals surface area contributed by atoms with Crippen LogP contribution in [0.1, 0.15) is 0 Å². The first-order chi connectivity index (χ1) is 4.88. The van der Waals surface area contributed by atoms with Crippen LogP contribution >= 0.6 is 11.3 Å². The second-order valence-electron chi connectivity index (χ2n) is 1.55. The van der Waals surface area contributed by atoms with Gasteiger partial charge in [-0.25, -0.2) is 0 Å². The highest BCUT2D eigenvalue weighted by atomic mass is 32.1. The van der Waals surface area contributed by atoms with Crippen LogP contribution < -0.4 is 5.56 Å². The zero-order valence-electron chi connectivity index (χ0n) is 4.68. The third kappa shape index (κ3) is 0.623. The highest BCUT2D eigenvalue weighted by molar-refractivity contribution is 7.14. The van der Waals surface area contributed by atoms with Gasteiger partial charge in [-0.3, -0.25) is 4.79 Å². The van der Waals surface area contributed by atoms with Crippen LogP contribution in [0.25, 0.3) is 4.96 Å². The molecule has 10 heavy (non-hydrogen) atoms. The van der Waals surface area contributed by atoms with Gasteiger partial charge in [-0.2, -0.15) is 9.61 Å². The van der Waals surface area contributed by atoms with Crippen molar-refractivity contribution in [3.63, 3.8) is 0 Å². The average Bonchev–Trinajstić information content (AvgIpc) is 2.36. The second-order valence-corrected chi connectivity index (χ2v) is 2.36. The number of aromatic nitrogens is 4. The molecule has 0 aromatic carbocycles. The molecule has 0 spiro atoms. The molecule has 0 fully saturated rings. The largest absolute Gasteiger partial charge is 0.303 e. The maximum absolute atomic E-state index is 10.8. The molecular weight excluding hydrogens is 152 g/mol. The van der Waals surface area contributed by atoms with E-state index in [1.807, 2.05) is 0 Å². The maximum atomic E-state index is 10.8. The normalized spacial score (nSPS) is 10.4. The molecule has 0 saturated carbocycles. The van der Waals surface area contributed by atoms with E-state index in [-0.39, 0.29) is 5.56 Å². The first-order valence-electron chi connectivity index (χ1n) is 2.45. The van der Waals surface area contributed by atoms with E-state index >= 15 is 0 Å². The van der Waals surface area contributed by atoms with Crippen LogP contribution in [0.5, 0.6) is 0 Å². The summed E-state index contributed by atoms with van der Waals surface area (Å²) in [6, 6.07) is 0. The topological polar surface area (TPSA) is 60.2 Å². The fraction of sp³-hybridized carbons (Fsp3) is 0. The molecule has 0 unspecified atom stereocenters. The van der Waals surface area contributed by atoms with Crippen LogP contribution in [-0.2, 0) is 0 Å². The van der Waals surface area contributed by atoms with Crippen molar-refractivity contribution in [2.24, 2.45) is 0 Å². The molecule has 0 saturated heterocycles. The molecule has 0 aliphatic heterocycles. The molecule has 49 valence electrons. The van der Waals surface area contributed by atoms with Crippen molar-refractivity contribution in [1.82, 2.24) is 19.8 Å². The van der Waals surface area contributed by atoms with E-state index in [2.05, 4.69) is 21.5 Å². The molecule has 1 radical (unpaired) electrons. The lowest BCUT2D eigenvalue weighted by molar-refractivity contribution is 0.848. The smallest absolute Gasteiger partial charge is 0.265 e. The first-order valence-corrected chi connectivity index (χ1v) is 3.33. The van der Waals surface area contributed by atoms with Crippen molar-refractivity contribution in [3.05, 3.63) is 22.1 Å². The summed E-state index contributed by atoms with van der Waals surface area (Å²) >= 11 is 1.26. The Morgan fingerprint density at radius 3 is 3.40 bits per heavy atom. The predicted molar refractivity (Wildman–Crippen MR) is 33.8 cm³/mol. The Bertz CT molecular complexity index is 405. The second kappa shape index (κ2) is 1.84. The van der Waals surface area contributed by atoms with E-state index in [0.29, 0.717) is 4.96 Å². The van der Waals surface area contributed by atoms with E-state index in [1.165, 1.54) is 16.8 Å². The fourth-order valence-corrected chi connectivity index (χ4v) is 1.13. The molecule has 0 atom stereocenters. The lowest BCUT2D eigenvalue weighted by Crippen LogP contribution is -2.14. The summed E-state index contributed by atoms with van der Waals surface area (Å²) in [7, 11) is 0. The Hall–Kier alpha value is -1.30. The molecule has 2 rings (SSSR count). The lowest BCUT2D eigenvalue weighted by Gasteiger charge is -1.81. The number of nitrogens with zero attached hydrogens (tertiary/aromatic N) is 4. The Labute approximate surface area is 59.0 Å². The van der Waals surface area contributed by atoms with Gasteiger partial charge < -0.3 is 0 Å². The van der Waals surface area contributed by atoms with E-state index < -0.39 is 0 Å². The minimum atomic E-state index is -0.369. The quantitative estimate of drug-likeness (QED) is 0.504. The zero-order chi connectivity index (χ0) is 6.97. The summed E-state index contributed by atoms with van der Waals surface area (Å²) in [6.45, 7) is 0. The molecule has 0 N–H and O–H groups in total. The minimum Gasteiger partial charge on any atom is -0.265 e. The van der Waals surface area contributed by atoms with Crippen molar-refractivity contribution < 1.29 is 0 Å². The van der Waals surface area contributed by atoms with Gasteiger partial charge in [-0.15, -0.1) is 10.2 Å². The van der Waals surface area contributed by atoms with Crippen LogP contribution in [0.3, 0.4) is 0 Å². The summed E-state index contributed by atoms with van der Waals surface area (Å²) < 4.78 is 1.15. The van der Waals surface area contributed by atoms with Crippen LogP contribution in [0.15, 0.2) is 10.3 Å².